The fourth-order valence-corrected chi connectivity index (χ4v) is 2.15. The van der Waals surface area contributed by atoms with E-state index in [1.165, 1.54) is 0 Å². The van der Waals surface area contributed by atoms with E-state index in [1.54, 1.807) is 12.5 Å². The van der Waals surface area contributed by atoms with Crippen LogP contribution in [0.2, 0.25) is 0 Å². The summed E-state index contributed by atoms with van der Waals surface area (Å²) in [6.45, 7) is 2.70. The normalized spacial score (nSPS) is 12.1. The number of aromatic nitrogens is 2. The Morgan fingerprint density at radius 3 is 3.05 bits per heavy atom. The van der Waals surface area contributed by atoms with Crippen LogP contribution >= 0.6 is 0 Å². The van der Waals surface area contributed by atoms with E-state index in [4.69, 9.17) is 5.73 Å². The lowest BCUT2D eigenvalue weighted by atomic mass is 10.1. The Labute approximate surface area is 125 Å². The minimum atomic E-state index is 0.0374. The van der Waals surface area contributed by atoms with Crippen molar-refractivity contribution in [3.8, 4) is 0 Å². The van der Waals surface area contributed by atoms with Crippen LogP contribution in [0.4, 0.5) is 5.69 Å². The second kappa shape index (κ2) is 7.59. The molecule has 1 aromatic carbocycles. The number of hydrogen-bond donors (Lipinski definition) is 2. The van der Waals surface area contributed by atoms with Crippen molar-refractivity contribution < 1.29 is 4.79 Å². The van der Waals surface area contributed by atoms with Gasteiger partial charge < -0.3 is 15.6 Å². The summed E-state index contributed by atoms with van der Waals surface area (Å²) < 4.78 is 1.99. The van der Waals surface area contributed by atoms with Crippen molar-refractivity contribution in [3.05, 3.63) is 48.5 Å². The molecule has 2 rings (SSSR count). The maximum absolute atomic E-state index is 11.9. The summed E-state index contributed by atoms with van der Waals surface area (Å²) in [5.74, 6) is 0.0374. The maximum Gasteiger partial charge on any atom is 0.224 e. The molecular formula is C16H22N4O. The van der Waals surface area contributed by atoms with Crippen molar-refractivity contribution in [3.63, 3.8) is 0 Å². The highest BCUT2D eigenvalue weighted by Crippen LogP contribution is 2.13. The zero-order valence-electron chi connectivity index (χ0n) is 12.3. The molecular weight excluding hydrogens is 264 g/mol. The summed E-state index contributed by atoms with van der Waals surface area (Å²) in [7, 11) is 0. The largest absolute Gasteiger partial charge is 0.333 e. The summed E-state index contributed by atoms with van der Waals surface area (Å²) >= 11 is 0. The lowest BCUT2D eigenvalue weighted by Gasteiger charge is -2.09. The minimum absolute atomic E-state index is 0.0374. The molecule has 0 bridgehead atoms. The number of anilines is 1. The Hall–Kier alpha value is -2.14. The van der Waals surface area contributed by atoms with Gasteiger partial charge in [0, 0.05) is 37.1 Å². The van der Waals surface area contributed by atoms with Crippen LogP contribution in [0.25, 0.3) is 0 Å². The summed E-state index contributed by atoms with van der Waals surface area (Å²) in [5.41, 5.74) is 7.63. The van der Waals surface area contributed by atoms with Crippen LogP contribution in [0.1, 0.15) is 31.7 Å². The van der Waals surface area contributed by atoms with E-state index in [0.29, 0.717) is 6.42 Å². The van der Waals surface area contributed by atoms with Crippen molar-refractivity contribution in [1.29, 1.82) is 0 Å². The molecule has 0 spiro atoms. The first-order chi connectivity index (χ1) is 10.1. The van der Waals surface area contributed by atoms with Crippen molar-refractivity contribution in [2.75, 3.05) is 5.32 Å². The molecule has 1 unspecified atom stereocenters. The number of rotatable bonds is 7. The van der Waals surface area contributed by atoms with Crippen molar-refractivity contribution >= 4 is 11.6 Å². The standard InChI is InChI=1S/C16H22N4O/c1-13(17)4-2-7-16(21)19-15-6-3-5-14(10-15)11-20-9-8-18-12-20/h3,5-6,8-10,12-13H,2,4,7,11,17H2,1H3,(H,19,21). The monoisotopic (exact) mass is 286 g/mol. The highest BCUT2D eigenvalue weighted by Gasteiger charge is 2.04. The van der Waals surface area contributed by atoms with Crippen LogP contribution in [-0.2, 0) is 11.3 Å². The molecule has 0 saturated carbocycles. The molecule has 1 atom stereocenters. The van der Waals surface area contributed by atoms with Crippen molar-refractivity contribution in [2.45, 2.75) is 38.8 Å². The molecule has 0 radical (unpaired) electrons. The predicted molar refractivity (Wildman–Crippen MR) is 83.9 cm³/mol. The van der Waals surface area contributed by atoms with Crippen molar-refractivity contribution in [1.82, 2.24) is 9.55 Å². The molecule has 0 aliphatic heterocycles. The van der Waals surface area contributed by atoms with Gasteiger partial charge in [0.2, 0.25) is 5.91 Å². The summed E-state index contributed by atoms with van der Waals surface area (Å²) in [5, 5.41) is 2.93. The molecule has 1 amide bonds. The summed E-state index contributed by atoms with van der Waals surface area (Å²) in [6.07, 6.45) is 7.64. The molecule has 0 aliphatic carbocycles. The Balaban J connectivity index is 1.87. The van der Waals surface area contributed by atoms with Crippen LogP contribution in [0.5, 0.6) is 0 Å². The number of benzene rings is 1. The van der Waals surface area contributed by atoms with E-state index in [-0.39, 0.29) is 11.9 Å². The van der Waals surface area contributed by atoms with Gasteiger partial charge in [0.25, 0.3) is 0 Å². The molecule has 1 aromatic heterocycles. The van der Waals surface area contributed by atoms with Gasteiger partial charge in [0.1, 0.15) is 0 Å². The highest BCUT2D eigenvalue weighted by atomic mass is 16.1. The maximum atomic E-state index is 11.9. The Bertz CT molecular complexity index is 563. The van der Waals surface area contributed by atoms with E-state index in [9.17, 15) is 4.79 Å². The smallest absolute Gasteiger partial charge is 0.224 e. The zero-order chi connectivity index (χ0) is 15.1. The van der Waals surface area contributed by atoms with Gasteiger partial charge in [-0.3, -0.25) is 4.79 Å². The van der Waals surface area contributed by atoms with Gasteiger partial charge in [-0.25, -0.2) is 4.98 Å². The molecule has 2 aromatic rings. The van der Waals surface area contributed by atoms with E-state index in [0.717, 1.165) is 30.6 Å². The van der Waals surface area contributed by atoms with Crippen LogP contribution < -0.4 is 11.1 Å². The van der Waals surface area contributed by atoms with E-state index in [1.807, 2.05) is 42.0 Å². The third-order valence-corrected chi connectivity index (χ3v) is 3.20. The first kappa shape index (κ1) is 15.3. The van der Waals surface area contributed by atoms with Crippen LogP contribution in [-0.4, -0.2) is 21.5 Å². The van der Waals surface area contributed by atoms with E-state index < -0.39 is 0 Å². The molecule has 5 nitrogen and oxygen atoms in total. The number of imidazole rings is 1. The number of carbonyl (C=O) groups excluding carboxylic acids is 1. The molecule has 5 heteroatoms. The van der Waals surface area contributed by atoms with Gasteiger partial charge in [-0.1, -0.05) is 12.1 Å². The number of hydrogen-bond acceptors (Lipinski definition) is 3. The molecule has 1 heterocycles. The lowest BCUT2D eigenvalue weighted by Crippen LogP contribution is -2.16. The van der Waals surface area contributed by atoms with Crippen LogP contribution in [0.15, 0.2) is 43.0 Å². The average molecular weight is 286 g/mol. The average Bonchev–Trinajstić information content (AvgIpc) is 2.91. The number of nitrogens with zero attached hydrogens (tertiary/aromatic N) is 2. The second-order valence-corrected chi connectivity index (χ2v) is 5.35. The van der Waals surface area contributed by atoms with Gasteiger partial charge in [-0.15, -0.1) is 0 Å². The molecule has 0 fully saturated rings. The summed E-state index contributed by atoms with van der Waals surface area (Å²) in [6, 6.07) is 8.02. The quantitative estimate of drug-likeness (QED) is 0.820. The SMILES string of the molecule is CC(N)CCCC(=O)Nc1cccc(Cn2ccnc2)c1. The van der Waals surface area contributed by atoms with Gasteiger partial charge in [0.15, 0.2) is 0 Å². The Morgan fingerprint density at radius 2 is 2.33 bits per heavy atom. The van der Waals surface area contributed by atoms with Gasteiger partial charge in [0.05, 0.1) is 6.33 Å². The fraction of sp³-hybridized carbons (Fsp3) is 0.375. The first-order valence-electron chi connectivity index (χ1n) is 7.23. The molecule has 0 saturated heterocycles. The lowest BCUT2D eigenvalue weighted by molar-refractivity contribution is -0.116. The Kier molecular flexibility index (Phi) is 5.51. The molecule has 21 heavy (non-hydrogen) atoms. The minimum Gasteiger partial charge on any atom is -0.333 e. The predicted octanol–water partition coefficient (Wildman–Crippen LogP) is 2.39. The number of nitrogens with one attached hydrogen (secondary N) is 1. The van der Waals surface area contributed by atoms with Crippen LogP contribution in [0, 0.1) is 0 Å². The topological polar surface area (TPSA) is 72.9 Å². The van der Waals surface area contributed by atoms with E-state index in [2.05, 4.69) is 10.3 Å². The van der Waals surface area contributed by atoms with Gasteiger partial charge in [-0.2, -0.15) is 0 Å². The molecule has 0 aliphatic rings. The highest BCUT2D eigenvalue weighted by molar-refractivity contribution is 5.90. The third kappa shape index (κ3) is 5.39. The molecule has 112 valence electrons. The summed E-state index contributed by atoms with van der Waals surface area (Å²) in [4.78, 5) is 15.9. The third-order valence-electron chi connectivity index (χ3n) is 3.20. The van der Waals surface area contributed by atoms with Gasteiger partial charge in [-0.05, 0) is 37.5 Å². The fourth-order valence-electron chi connectivity index (χ4n) is 2.15. The zero-order valence-corrected chi connectivity index (χ0v) is 12.3. The van der Waals surface area contributed by atoms with E-state index >= 15 is 0 Å². The Morgan fingerprint density at radius 1 is 1.48 bits per heavy atom. The number of amides is 1. The van der Waals surface area contributed by atoms with Crippen LogP contribution in [0.3, 0.4) is 0 Å². The second-order valence-electron chi connectivity index (χ2n) is 5.35. The number of carbonyl (C=O) groups is 1. The van der Waals surface area contributed by atoms with Gasteiger partial charge >= 0.3 is 0 Å². The first-order valence-corrected chi connectivity index (χ1v) is 7.23. The number of nitrogens with two attached hydrogens (primary N) is 1. The molecule has 3 N–H and O–H groups in total. The van der Waals surface area contributed by atoms with Crippen molar-refractivity contribution in [2.24, 2.45) is 5.73 Å².